The number of nitrogens with one attached hydrogen (secondary N) is 1. The van der Waals surface area contributed by atoms with E-state index in [9.17, 15) is 4.79 Å². The van der Waals surface area contributed by atoms with Gasteiger partial charge in [-0.2, -0.15) is 0 Å². The third-order valence-electron chi connectivity index (χ3n) is 8.93. The van der Waals surface area contributed by atoms with Gasteiger partial charge in [-0.25, -0.2) is 0 Å². The molecular weight excluding hydrogens is 587 g/mol. The average molecular weight is 618 g/mol. The van der Waals surface area contributed by atoms with Crippen LogP contribution in [-0.4, -0.2) is 9.13 Å². The van der Waals surface area contributed by atoms with Crippen molar-refractivity contribution in [2.45, 2.75) is 6.92 Å². The van der Waals surface area contributed by atoms with Crippen molar-refractivity contribution < 1.29 is 0 Å². The summed E-state index contributed by atoms with van der Waals surface area (Å²) in [6.45, 7) is 1.98. The van der Waals surface area contributed by atoms with Gasteiger partial charge in [0.25, 0.3) is 5.56 Å². The Morgan fingerprint density at radius 2 is 1.19 bits per heavy atom. The molecule has 0 aliphatic heterocycles. The first-order chi connectivity index (χ1) is 23.7. The van der Waals surface area contributed by atoms with Crippen LogP contribution >= 0.6 is 0 Å². The fourth-order valence-electron chi connectivity index (χ4n) is 6.74. The van der Waals surface area contributed by atoms with Gasteiger partial charge in [0, 0.05) is 55.4 Å². The Bertz CT molecular complexity index is 2670. The molecule has 0 unspecified atom stereocenters. The van der Waals surface area contributed by atoms with Crippen molar-refractivity contribution in [3.8, 4) is 23.7 Å². The monoisotopic (exact) mass is 617 g/mol. The standard InChI is InChI=1S/C44H31N3O/c1-3-5-15-30(4-2)38-29-43-39(28-40(38)45-31-16-7-6-8-17-31)36-20-12-13-22-41(36)46(43)32-24-26-33(27-25-32)47-42-23-14-11-19-35(42)34-18-9-10-21-37(34)44(47)48/h2-3,5-29,45H,1H3/b5-3-,30-15+. The van der Waals surface area contributed by atoms with Crippen LogP contribution in [0.2, 0.25) is 0 Å². The summed E-state index contributed by atoms with van der Waals surface area (Å²) in [7, 11) is 0. The highest BCUT2D eigenvalue weighted by Gasteiger charge is 2.18. The lowest BCUT2D eigenvalue weighted by Crippen LogP contribution is -2.19. The molecule has 0 fully saturated rings. The SMILES string of the molecule is C#C/C(=C\C=C/C)c1cc2c(cc1Nc1ccccc1)c1ccccc1n2-c1ccc(-n2c(=O)c3ccccc3c3ccccc32)cc1. The Hall–Kier alpha value is -6.57. The second-order valence-electron chi connectivity index (χ2n) is 11.7. The predicted molar refractivity (Wildman–Crippen MR) is 203 cm³/mol. The fourth-order valence-corrected chi connectivity index (χ4v) is 6.74. The molecule has 6 aromatic carbocycles. The summed E-state index contributed by atoms with van der Waals surface area (Å²) < 4.78 is 4.09. The molecule has 8 aromatic rings. The molecule has 0 aliphatic rings. The summed E-state index contributed by atoms with van der Waals surface area (Å²) >= 11 is 0. The van der Waals surface area contributed by atoms with E-state index in [1.807, 2.05) is 115 Å². The van der Waals surface area contributed by atoms with E-state index < -0.39 is 0 Å². The maximum absolute atomic E-state index is 13.9. The number of aromatic nitrogens is 2. The van der Waals surface area contributed by atoms with Gasteiger partial charge < -0.3 is 9.88 Å². The number of terminal acetylenes is 1. The molecule has 0 saturated carbocycles. The van der Waals surface area contributed by atoms with Crippen molar-refractivity contribution in [3.63, 3.8) is 0 Å². The van der Waals surface area contributed by atoms with Crippen LogP contribution in [0.4, 0.5) is 11.4 Å². The summed E-state index contributed by atoms with van der Waals surface area (Å²) in [5, 5.41) is 8.57. The smallest absolute Gasteiger partial charge is 0.263 e. The van der Waals surface area contributed by atoms with Gasteiger partial charge in [0.2, 0.25) is 0 Å². The number of anilines is 2. The minimum Gasteiger partial charge on any atom is -0.355 e. The van der Waals surface area contributed by atoms with Crippen molar-refractivity contribution in [2.24, 2.45) is 0 Å². The first kappa shape index (κ1) is 28.9. The molecule has 0 bridgehead atoms. The third-order valence-corrected chi connectivity index (χ3v) is 8.93. The average Bonchev–Trinajstić information content (AvgIpc) is 3.46. The van der Waals surface area contributed by atoms with Crippen LogP contribution in [0, 0.1) is 12.3 Å². The van der Waals surface area contributed by atoms with Crippen LogP contribution in [0.1, 0.15) is 12.5 Å². The second kappa shape index (κ2) is 12.0. The Kier molecular flexibility index (Phi) is 7.21. The topological polar surface area (TPSA) is 39.0 Å². The van der Waals surface area contributed by atoms with Crippen molar-refractivity contribution in [2.75, 3.05) is 5.32 Å². The van der Waals surface area contributed by atoms with Crippen LogP contribution < -0.4 is 10.9 Å². The van der Waals surface area contributed by atoms with Gasteiger partial charge in [-0.05, 0) is 85.1 Å². The number of pyridine rings is 1. The van der Waals surface area contributed by atoms with E-state index >= 15 is 0 Å². The molecule has 4 heteroatoms. The van der Waals surface area contributed by atoms with Crippen LogP contribution in [0.25, 0.3) is 60.4 Å². The molecule has 0 amide bonds. The Balaban J connectivity index is 1.35. The molecule has 2 aromatic heterocycles. The molecule has 0 aliphatic carbocycles. The van der Waals surface area contributed by atoms with Gasteiger partial charge in [-0.15, -0.1) is 6.42 Å². The van der Waals surface area contributed by atoms with Crippen molar-refractivity contribution in [1.82, 2.24) is 9.13 Å². The predicted octanol–water partition coefficient (Wildman–Crippen LogP) is 10.6. The summed E-state index contributed by atoms with van der Waals surface area (Å²) in [4.78, 5) is 13.9. The lowest BCUT2D eigenvalue weighted by Gasteiger charge is -2.16. The molecule has 1 N–H and O–H groups in total. The molecule has 0 saturated heterocycles. The quantitative estimate of drug-likeness (QED) is 0.115. The number of nitrogens with zero attached hydrogens (tertiary/aromatic N) is 2. The minimum absolute atomic E-state index is 0.0354. The highest BCUT2D eigenvalue weighted by atomic mass is 16.1. The number of benzene rings is 6. The van der Waals surface area contributed by atoms with E-state index in [4.69, 9.17) is 6.42 Å². The molecule has 4 nitrogen and oxygen atoms in total. The fraction of sp³-hybridized carbons (Fsp3) is 0.0227. The zero-order chi connectivity index (χ0) is 32.6. The number of rotatable bonds is 6. The summed E-state index contributed by atoms with van der Waals surface area (Å²) in [5.41, 5.74) is 8.38. The Morgan fingerprint density at radius 3 is 1.85 bits per heavy atom. The highest BCUT2D eigenvalue weighted by Crippen LogP contribution is 2.38. The molecular formula is C44H31N3O. The molecule has 8 rings (SSSR count). The third kappa shape index (κ3) is 4.78. The summed E-state index contributed by atoms with van der Waals surface area (Å²) in [6, 6.07) is 47.1. The largest absolute Gasteiger partial charge is 0.355 e. The molecule has 0 radical (unpaired) electrons. The Labute approximate surface area is 278 Å². The maximum atomic E-state index is 13.9. The molecule has 48 heavy (non-hydrogen) atoms. The van der Waals surface area contributed by atoms with Crippen LogP contribution in [0.3, 0.4) is 0 Å². The lowest BCUT2D eigenvalue weighted by molar-refractivity contribution is 1.05. The van der Waals surface area contributed by atoms with Gasteiger partial charge in [0.1, 0.15) is 0 Å². The van der Waals surface area contributed by atoms with E-state index in [1.54, 1.807) is 0 Å². The van der Waals surface area contributed by atoms with Gasteiger partial charge in [-0.1, -0.05) is 90.9 Å². The second-order valence-corrected chi connectivity index (χ2v) is 11.7. The summed E-state index contributed by atoms with van der Waals surface area (Å²) in [6.07, 6.45) is 12.0. The minimum atomic E-state index is -0.0354. The number of allylic oxidation sites excluding steroid dienone is 4. The first-order valence-corrected chi connectivity index (χ1v) is 16.0. The molecule has 0 atom stereocenters. The van der Waals surface area contributed by atoms with Gasteiger partial charge in [-0.3, -0.25) is 9.36 Å². The summed E-state index contributed by atoms with van der Waals surface area (Å²) in [5.74, 6) is 2.92. The van der Waals surface area contributed by atoms with Crippen LogP contribution in [0.15, 0.2) is 163 Å². The zero-order valence-corrected chi connectivity index (χ0v) is 26.4. The molecule has 2 heterocycles. The normalized spacial score (nSPS) is 12.0. The molecule has 0 spiro atoms. The van der Waals surface area contributed by atoms with E-state index in [1.165, 1.54) is 0 Å². The maximum Gasteiger partial charge on any atom is 0.263 e. The first-order valence-electron chi connectivity index (χ1n) is 16.0. The van der Waals surface area contributed by atoms with Crippen LogP contribution in [-0.2, 0) is 0 Å². The van der Waals surface area contributed by atoms with Gasteiger partial charge in [0.15, 0.2) is 0 Å². The van der Waals surface area contributed by atoms with E-state index in [0.717, 1.165) is 72.0 Å². The van der Waals surface area contributed by atoms with Gasteiger partial charge >= 0.3 is 0 Å². The number of hydrogen-bond acceptors (Lipinski definition) is 2. The Morgan fingerprint density at radius 1 is 0.625 bits per heavy atom. The number of hydrogen-bond donors (Lipinski definition) is 1. The van der Waals surface area contributed by atoms with Crippen molar-refractivity contribution >= 4 is 60.4 Å². The lowest BCUT2D eigenvalue weighted by atomic mass is 10.0. The highest BCUT2D eigenvalue weighted by molar-refractivity contribution is 6.12. The van der Waals surface area contributed by atoms with Crippen LogP contribution in [0.5, 0.6) is 0 Å². The van der Waals surface area contributed by atoms with Gasteiger partial charge in [0.05, 0.1) is 16.6 Å². The molecule has 228 valence electrons. The van der Waals surface area contributed by atoms with E-state index in [-0.39, 0.29) is 5.56 Å². The van der Waals surface area contributed by atoms with E-state index in [0.29, 0.717) is 5.39 Å². The van der Waals surface area contributed by atoms with Crippen molar-refractivity contribution in [1.29, 1.82) is 0 Å². The number of fused-ring (bicyclic) bond motifs is 6. The van der Waals surface area contributed by atoms with Crippen molar-refractivity contribution in [3.05, 3.63) is 174 Å². The zero-order valence-electron chi connectivity index (χ0n) is 26.4. The van der Waals surface area contributed by atoms with E-state index in [2.05, 4.69) is 70.4 Å². The number of para-hydroxylation sites is 3.